The van der Waals surface area contributed by atoms with Crippen molar-refractivity contribution < 1.29 is 9.59 Å². The molecule has 0 unspecified atom stereocenters. The smallest absolute Gasteiger partial charge is 0.262 e. The number of amides is 2. The number of carbonyl (C=O) groups is 2. The molecule has 1 saturated carbocycles. The third kappa shape index (κ3) is 4.56. The lowest BCUT2D eigenvalue weighted by molar-refractivity contribution is -0.119. The highest BCUT2D eigenvalue weighted by atomic mass is 16.2. The zero-order chi connectivity index (χ0) is 19.2. The largest absolute Gasteiger partial charge is 0.368 e. The van der Waals surface area contributed by atoms with E-state index in [1.807, 2.05) is 30.3 Å². The standard InChI is InChI=1S/C21H24N4O2/c22-12-15(21(27)24-17-7-3-1-2-4-8-17)11-16-13-25(14-20(23)26)19-10-6-5-9-18(16)19/h5-6,9-11,13,17H,1-4,7-8,14H2,(H2,23,26)(H,24,27). The maximum Gasteiger partial charge on any atom is 0.262 e. The second-order valence-corrected chi connectivity index (χ2v) is 7.03. The summed E-state index contributed by atoms with van der Waals surface area (Å²) >= 11 is 0. The molecular formula is C21H24N4O2. The molecule has 6 heteroatoms. The normalized spacial score (nSPS) is 15.9. The fourth-order valence-corrected chi connectivity index (χ4v) is 3.68. The van der Waals surface area contributed by atoms with Crippen molar-refractivity contribution in [3.63, 3.8) is 0 Å². The Morgan fingerprint density at radius 1 is 1.22 bits per heavy atom. The second-order valence-electron chi connectivity index (χ2n) is 7.03. The Hall–Kier alpha value is -3.07. The van der Waals surface area contributed by atoms with Crippen LogP contribution in [0.15, 0.2) is 36.0 Å². The molecule has 0 saturated heterocycles. The molecule has 1 aromatic heterocycles. The number of nitrogens with zero attached hydrogens (tertiary/aromatic N) is 2. The molecule has 2 aromatic rings. The second kappa shape index (κ2) is 8.54. The molecular weight excluding hydrogens is 340 g/mol. The van der Waals surface area contributed by atoms with Crippen molar-refractivity contribution >= 4 is 28.8 Å². The van der Waals surface area contributed by atoms with Gasteiger partial charge >= 0.3 is 0 Å². The van der Waals surface area contributed by atoms with Crippen LogP contribution in [0.3, 0.4) is 0 Å². The predicted octanol–water partition coefficient (Wildman–Crippen LogP) is 2.87. The molecule has 0 bridgehead atoms. The van der Waals surface area contributed by atoms with Crippen LogP contribution < -0.4 is 11.1 Å². The lowest BCUT2D eigenvalue weighted by Crippen LogP contribution is -2.35. The molecule has 27 heavy (non-hydrogen) atoms. The number of primary amides is 1. The van der Waals surface area contributed by atoms with Crippen molar-refractivity contribution in [2.75, 3.05) is 0 Å². The first-order valence-electron chi connectivity index (χ1n) is 9.37. The van der Waals surface area contributed by atoms with Gasteiger partial charge in [-0.05, 0) is 25.0 Å². The zero-order valence-electron chi connectivity index (χ0n) is 15.3. The van der Waals surface area contributed by atoms with Gasteiger partial charge in [-0.3, -0.25) is 9.59 Å². The van der Waals surface area contributed by atoms with Gasteiger partial charge in [0.15, 0.2) is 0 Å². The minimum absolute atomic E-state index is 0.0461. The van der Waals surface area contributed by atoms with Gasteiger partial charge in [0.05, 0.1) is 0 Å². The average molecular weight is 364 g/mol. The van der Waals surface area contributed by atoms with E-state index in [2.05, 4.69) is 5.32 Å². The third-order valence-corrected chi connectivity index (χ3v) is 5.00. The van der Waals surface area contributed by atoms with Gasteiger partial charge in [-0.25, -0.2) is 0 Å². The van der Waals surface area contributed by atoms with E-state index in [-0.39, 0.29) is 24.1 Å². The van der Waals surface area contributed by atoms with E-state index in [1.54, 1.807) is 16.8 Å². The van der Waals surface area contributed by atoms with Crippen LogP contribution in [0.1, 0.15) is 44.1 Å². The lowest BCUT2D eigenvalue weighted by atomic mass is 10.1. The van der Waals surface area contributed by atoms with E-state index in [0.29, 0.717) is 0 Å². The zero-order valence-corrected chi connectivity index (χ0v) is 15.3. The van der Waals surface area contributed by atoms with Crippen molar-refractivity contribution in [2.45, 2.75) is 51.1 Å². The topological polar surface area (TPSA) is 101 Å². The fraction of sp³-hybridized carbons (Fsp3) is 0.381. The molecule has 3 rings (SSSR count). The fourth-order valence-electron chi connectivity index (χ4n) is 3.68. The summed E-state index contributed by atoms with van der Waals surface area (Å²) in [6.07, 6.45) is 9.88. The van der Waals surface area contributed by atoms with Crippen LogP contribution in [-0.4, -0.2) is 22.4 Å². The SMILES string of the molecule is N#CC(=Cc1cn(CC(N)=O)c2ccccc12)C(=O)NC1CCCCCC1. The number of nitrogens with two attached hydrogens (primary N) is 1. The van der Waals surface area contributed by atoms with Crippen molar-refractivity contribution in [3.05, 3.63) is 41.6 Å². The number of aromatic nitrogens is 1. The Kier molecular flexibility index (Phi) is 5.92. The van der Waals surface area contributed by atoms with Crippen LogP contribution in [0.25, 0.3) is 17.0 Å². The first-order chi connectivity index (χ1) is 13.1. The number of rotatable bonds is 5. The Bertz CT molecular complexity index is 912. The minimum Gasteiger partial charge on any atom is -0.368 e. The molecule has 0 radical (unpaired) electrons. The van der Waals surface area contributed by atoms with Crippen molar-refractivity contribution in [1.82, 2.24) is 9.88 Å². The van der Waals surface area contributed by atoms with Crippen LogP contribution in [0.4, 0.5) is 0 Å². The number of fused-ring (bicyclic) bond motifs is 1. The summed E-state index contributed by atoms with van der Waals surface area (Å²) in [5.74, 6) is -0.783. The number of hydrogen-bond acceptors (Lipinski definition) is 3. The molecule has 2 amide bonds. The summed E-state index contributed by atoms with van der Waals surface area (Å²) in [4.78, 5) is 23.9. The van der Waals surface area contributed by atoms with E-state index in [9.17, 15) is 14.9 Å². The molecule has 6 nitrogen and oxygen atoms in total. The number of hydrogen-bond donors (Lipinski definition) is 2. The first-order valence-corrected chi connectivity index (χ1v) is 9.37. The Morgan fingerprint density at radius 2 is 1.93 bits per heavy atom. The predicted molar refractivity (Wildman–Crippen MR) is 104 cm³/mol. The molecule has 0 spiro atoms. The summed E-state index contributed by atoms with van der Waals surface area (Å²) in [7, 11) is 0. The van der Waals surface area contributed by atoms with Crippen LogP contribution in [0.2, 0.25) is 0 Å². The van der Waals surface area contributed by atoms with E-state index >= 15 is 0 Å². The van der Waals surface area contributed by atoms with Crippen LogP contribution in [0, 0.1) is 11.3 Å². The maximum absolute atomic E-state index is 12.6. The Balaban J connectivity index is 1.87. The molecule has 0 aliphatic heterocycles. The van der Waals surface area contributed by atoms with Gasteiger partial charge < -0.3 is 15.6 Å². The first kappa shape index (κ1) is 18.7. The van der Waals surface area contributed by atoms with Crippen molar-refractivity contribution in [1.29, 1.82) is 5.26 Å². The third-order valence-electron chi connectivity index (χ3n) is 5.00. The lowest BCUT2D eigenvalue weighted by Gasteiger charge is -2.15. The number of carbonyl (C=O) groups excluding carboxylic acids is 2. The van der Waals surface area contributed by atoms with Crippen LogP contribution in [0.5, 0.6) is 0 Å². The molecule has 1 heterocycles. The molecule has 1 aliphatic carbocycles. The van der Waals surface area contributed by atoms with Gasteiger partial charge in [-0.2, -0.15) is 5.26 Å². The number of para-hydroxylation sites is 1. The van der Waals surface area contributed by atoms with Gasteiger partial charge in [0, 0.05) is 28.7 Å². The summed E-state index contributed by atoms with van der Waals surface area (Å²) in [6, 6.07) is 9.69. The maximum atomic E-state index is 12.6. The average Bonchev–Trinajstić information content (AvgIpc) is 2.81. The van der Waals surface area contributed by atoms with Gasteiger partial charge in [0.2, 0.25) is 5.91 Å². The summed E-state index contributed by atoms with van der Waals surface area (Å²) in [5, 5.41) is 13.4. The van der Waals surface area contributed by atoms with Crippen molar-refractivity contribution in [3.8, 4) is 6.07 Å². The minimum atomic E-state index is -0.446. The quantitative estimate of drug-likeness (QED) is 0.484. The summed E-state index contributed by atoms with van der Waals surface area (Å²) in [5.41, 5.74) is 6.95. The number of nitriles is 1. The highest BCUT2D eigenvalue weighted by Crippen LogP contribution is 2.24. The van der Waals surface area contributed by atoms with E-state index in [4.69, 9.17) is 5.73 Å². The molecule has 1 aliphatic rings. The van der Waals surface area contributed by atoms with Crippen LogP contribution >= 0.6 is 0 Å². The summed E-state index contributed by atoms with van der Waals surface area (Å²) in [6.45, 7) is 0.0461. The van der Waals surface area contributed by atoms with E-state index in [0.717, 1.165) is 42.1 Å². The van der Waals surface area contributed by atoms with Gasteiger partial charge in [0.25, 0.3) is 5.91 Å². The van der Waals surface area contributed by atoms with Crippen molar-refractivity contribution in [2.24, 2.45) is 5.73 Å². The van der Waals surface area contributed by atoms with Crippen LogP contribution in [-0.2, 0) is 16.1 Å². The number of benzene rings is 1. The highest BCUT2D eigenvalue weighted by Gasteiger charge is 2.18. The van der Waals surface area contributed by atoms with Gasteiger partial charge in [-0.15, -0.1) is 0 Å². The summed E-state index contributed by atoms with van der Waals surface area (Å²) < 4.78 is 1.74. The molecule has 1 fully saturated rings. The molecule has 1 aromatic carbocycles. The molecule has 140 valence electrons. The Labute approximate surface area is 158 Å². The van der Waals surface area contributed by atoms with Gasteiger partial charge in [-0.1, -0.05) is 43.9 Å². The number of nitrogens with one attached hydrogen (secondary N) is 1. The van der Waals surface area contributed by atoms with Gasteiger partial charge in [0.1, 0.15) is 18.2 Å². The van der Waals surface area contributed by atoms with E-state index < -0.39 is 5.91 Å². The monoisotopic (exact) mass is 364 g/mol. The van der Waals surface area contributed by atoms with E-state index in [1.165, 1.54) is 12.8 Å². The highest BCUT2D eigenvalue weighted by molar-refractivity contribution is 6.04. The molecule has 3 N–H and O–H groups in total. The Morgan fingerprint density at radius 3 is 2.59 bits per heavy atom. The molecule has 0 atom stereocenters.